The maximum atomic E-state index is 3.80. The van der Waals surface area contributed by atoms with Crippen molar-refractivity contribution in [2.45, 2.75) is 50.3 Å². The minimum Gasteiger partial charge on any atom is -0.0839 e. The summed E-state index contributed by atoms with van der Waals surface area (Å²) in [6.07, 6.45) is 4.17. The molecular formula is C15H21Br. The molecule has 1 aromatic rings. The molecule has 16 heavy (non-hydrogen) atoms. The van der Waals surface area contributed by atoms with Crippen molar-refractivity contribution in [2.75, 3.05) is 0 Å². The van der Waals surface area contributed by atoms with E-state index < -0.39 is 0 Å². The fourth-order valence-corrected chi connectivity index (χ4v) is 2.81. The minimum absolute atomic E-state index is 0.261. The van der Waals surface area contributed by atoms with Gasteiger partial charge in [0.1, 0.15) is 0 Å². The molecule has 2 rings (SSSR count). The van der Waals surface area contributed by atoms with E-state index in [9.17, 15) is 0 Å². The number of hydrogen-bond acceptors (Lipinski definition) is 0. The first-order valence-electron chi connectivity index (χ1n) is 6.21. The molecule has 1 aliphatic rings. The van der Waals surface area contributed by atoms with Crippen molar-refractivity contribution < 1.29 is 0 Å². The van der Waals surface area contributed by atoms with Gasteiger partial charge in [-0.2, -0.15) is 0 Å². The lowest BCUT2D eigenvalue weighted by atomic mass is 9.86. The fraction of sp³-hybridized carbons (Fsp3) is 0.600. The summed E-state index contributed by atoms with van der Waals surface area (Å²) in [4.78, 5) is 0.550. The average Bonchev–Trinajstić information content (AvgIpc) is 3.00. The van der Waals surface area contributed by atoms with Gasteiger partial charge in [-0.25, -0.2) is 0 Å². The molecule has 1 aromatic carbocycles. The number of alkyl halides is 1. The van der Waals surface area contributed by atoms with Crippen molar-refractivity contribution in [3.8, 4) is 0 Å². The van der Waals surface area contributed by atoms with Crippen LogP contribution >= 0.6 is 15.9 Å². The summed E-state index contributed by atoms with van der Waals surface area (Å²) in [7, 11) is 0. The van der Waals surface area contributed by atoms with Gasteiger partial charge in [-0.1, -0.05) is 73.8 Å². The molecule has 0 saturated heterocycles. The Morgan fingerprint density at radius 3 is 2.19 bits per heavy atom. The highest BCUT2D eigenvalue weighted by Gasteiger charge is 2.25. The van der Waals surface area contributed by atoms with E-state index in [2.05, 4.69) is 61.0 Å². The minimum atomic E-state index is 0.261. The molecule has 0 heterocycles. The Balaban J connectivity index is 2.05. The molecule has 0 N–H and O–H groups in total. The number of halogens is 1. The monoisotopic (exact) mass is 280 g/mol. The van der Waals surface area contributed by atoms with Gasteiger partial charge in [0, 0.05) is 4.83 Å². The zero-order valence-electron chi connectivity index (χ0n) is 10.5. The molecule has 0 radical (unpaired) electrons. The van der Waals surface area contributed by atoms with Crippen LogP contribution in [-0.4, -0.2) is 0 Å². The first kappa shape index (κ1) is 12.2. The van der Waals surface area contributed by atoms with Gasteiger partial charge in [0.05, 0.1) is 0 Å². The first-order valence-corrected chi connectivity index (χ1v) is 7.13. The molecule has 0 aromatic heterocycles. The van der Waals surface area contributed by atoms with Crippen LogP contribution < -0.4 is 0 Å². The summed E-state index contributed by atoms with van der Waals surface area (Å²) in [6, 6.07) is 9.11. The normalized spacial score (nSPS) is 18.5. The number of rotatable bonds is 3. The molecule has 0 nitrogen and oxygen atoms in total. The van der Waals surface area contributed by atoms with Crippen molar-refractivity contribution in [1.29, 1.82) is 0 Å². The van der Waals surface area contributed by atoms with E-state index in [1.165, 1.54) is 30.4 Å². The van der Waals surface area contributed by atoms with E-state index in [0.29, 0.717) is 4.83 Å². The van der Waals surface area contributed by atoms with Crippen molar-refractivity contribution in [1.82, 2.24) is 0 Å². The van der Waals surface area contributed by atoms with Crippen LogP contribution in [0.2, 0.25) is 0 Å². The lowest BCUT2D eigenvalue weighted by Gasteiger charge is -2.20. The molecule has 0 bridgehead atoms. The van der Waals surface area contributed by atoms with Crippen LogP contribution in [0.1, 0.15) is 56.0 Å². The predicted octanol–water partition coefficient (Wildman–Crippen LogP) is 5.22. The van der Waals surface area contributed by atoms with Crippen LogP contribution in [0.25, 0.3) is 0 Å². The Bertz CT molecular complexity index is 341. The second-order valence-electron chi connectivity index (χ2n) is 6.02. The standard InChI is InChI=1S/C15H21Br/c1-15(2,3)13-8-6-12(7-9-13)14(16)10-11-4-5-11/h6-9,11,14H,4-5,10H2,1-3H3. The molecule has 88 valence electrons. The third-order valence-electron chi connectivity index (χ3n) is 3.38. The highest BCUT2D eigenvalue weighted by molar-refractivity contribution is 9.09. The Morgan fingerprint density at radius 2 is 1.75 bits per heavy atom. The molecular weight excluding hydrogens is 260 g/mol. The van der Waals surface area contributed by atoms with Gasteiger partial charge in [-0.3, -0.25) is 0 Å². The van der Waals surface area contributed by atoms with Crippen LogP contribution in [0.5, 0.6) is 0 Å². The summed E-state index contributed by atoms with van der Waals surface area (Å²) in [6.45, 7) is 6.79. The molecule has 1 fully saturated rings. The molecule has 1 saturated carbocycles. The van der Waals surface area contributed by atoms with Gasteiger partial charge in [0.25, 0.3) is 0 Å². The maximum absolute atomic E-state index is 3.80. The largest absolute Gasteiger partial charge is 0.0839 e. The molecule has 1 heteroatoms. The molecule has 0 aliphatic heterocycles. The molecule has 1 aliphatic carbocycles. The summed E-state index contributed by atoms with van der Waals surface area (Å²) in [5, 5.41) is 0. The molecule has 0 spiro atoms. The van der Waals surface area contributed by atoms with Crippen LogP contribution in [0, 0.1) is 5.92 Å². The van der Waals surface area contributed by atoms with Crippen molar-refractivity contribution in [2.24, 2.45) is 5.92 Å². The van der Waals surface area contributed by atoms with Gasteiger partial charge in [0.15, 0.2) is 0 Å². The van der Waals surface area contributed by atoms with Crippen molar-refractivity contribution in [3.63, 3.8) is 0 Å². The van der Waals surface area contributed by atoms with E-state index >= 15 is 0 Å². The van der Waals surface area contributed by atoms with Crippen LogP contribution in [0.3, 0.4) is 0 Å². The van der Waals surface area contributed by atoms with Crippen molar-refractivity contribution in [3.05, 3.63) is 35.4 Å². The third kappa shape index (κ3) is 3.10. The van der Waals surface area contributed by atoms with E-state index in [1.54, 1.807) is 0 Å². The van der Waals surface area contributed by atoms with Crippen molar-refractivity contribution >= 4 is 15.9 Å². The predicted molar refractivity (Wildman–Crippen MR) is 74.2 cm³/mol. The smallest absolute Gasteiger partial charge is 0.0397 e. The van der Waals surface area contributed by atoms with E-state index in [-0.39, 0.29) is 5.41 Å². The maximum Gasteiger partial charge on any atom is 0.0397 e. The van der Waals surface area contributed by atoms with Gasteiger partial charge in [-0.15, -0.1) is 0 Å². The lowest BCUT2D eigenvalue weighted by Crippen LogP contribution is -2.10. The SMILES string of the molecule is CC(C)(C)c1ccc(C(Br)CC2CC2)cc1. The second kappa shape index (κ2) is 4.52. The summed E-state index contributed by atoms with van der Waals surface area (Å²) in [5.74, 6) is 0.978. The van der Waals surface area contributed by atoms with Gasteiger partial charge in [-0.05, 0) is 28.9 Å². The number of benzene rings is 1. The summed E-state index contributed by atoms with van der Waals surface area (Å²) >= 11 is 3.80. The molecule has 0 amide bonds. The van der Waals surface area contributed by atoms with Gasteiger partial charge in [0.2, 0.25) is 0 Å². The quantitative estimate of drug-likeness (QED) is 0.666. The first-order chi connectivity index (χ1) is 7.47. The van der Waals surface area contributed by atoms with E-state index in [4.69, 9.17) is 0 Å². The van der Waals surface area contributed by atoms with Crippen LogP contribution in [-0.2, 0) is 5.41 Å². The Labute approximate surface area is 108 Å². The Morgan fingerprint density at radius 1 is 1.19 bits per heavy atom. The average molecular weight is 281 g/mol. The Hall–Kier alpha value is -0.300. The number of hydrogen-bond donors (Lipinski definition) is 0. The highest BCUT2D eigenvalue weighted by atomic mass is 79.9. The van der Waals surface area contributed by atoms with Crippen LogP contribution in [0.15, 0.2) is 24.3 Å². The van der Waals surface area contributed by atoms with Gasteiger partial charge >= 0.3 is 0 Å². The highest BCUT2D eigenvalue weighted by Crippen LogP contribution is 2.41. The Kier molecular flexibility index (Phi) is 3.44. The van der Waals surface area contributed by atoms with Crippen LogP contribution in [0.4, 0.5) is 0 Å². The van der Waals surface area contributed by atoms with E-state index in [1.807, 2.05) is 0 Å². The van der Waals surface area contributed by atoms with Gasteiger partial charge < -0.3 is 0 Å². The molecule has 1 atom stereocenters. The summed E-state index contributed by atoms with van der Waals surface area (Å²) < 4.78 is 0. The topological polar surface area (TPSA) is 0 Å². The zero-order chi connectivity index (χ0) is 11.8. The third-order valence-corrected chi connectivity index (χ3v) is 4.28. The molecule has 1 unspecified atom stereocenters. The fourth-order valence-electron chi connectivity index (χ4n) is 1.97. The summed E-state index contributed by atoms with van der Waals surface area (Å²) in [5.41, 5.74) is 3.11. The van der Waals surface area contributed by atoms with E-state index in [0.717, 1.165) is 5.92 Å². The zero-order valence-corrected chi connectivity index (χ0v) is 12.0. The second-order valence-corrected chi connectivity index (χ2v) is 7.12. The lowest BCUT2D eigenvalue weighted by molar-refractivity contribution is 0.589.